The van der Waals surface area contributed by atoms with Gasteiger partial charge in [0.2, 0.25) is 23.6 Å². The molecule has 4 fully saturated rings. The van der Waals surface area contributed by atoms with Crippen molar-refractivity contribution in [3.05, 3.63) is 60.2 Å². The molecule has 4 saturated heterocycles. The molecule has 6 atom stereocenters. The second-order valence-electron chi connectivity index (χ2n) is 18.6. The molecule has 0 radical (unpaired) electrons. The Labute approximate surface area is 437 Å². The molecule has 4 aliphatic rings. The quantitative estimate of drug-likeness (QED) is 0.148. The van der Waals surface area contributed by atoms with E-state index in [4.69, 9.17) is 0 Å². The standard InChI is InChI=1S/C22H36N4O2.C21H34N4O3.C6H8O4.C4H4O4/c1-5-12-25(20(27)6-2)14-15-26(21(28)7-3)17-19-10-13-24(4)22(19)18-9-8-11-23-16-18;1-4-19(27)24(13-14-26)11-12-25(20(28)5-2)16-18-8-10-23(3)21(18)17-7-6-9-22-15-17;1-3-5(7)10-4(2)6(8)9-3;5-3-1-7-4(6)2-8-3/h8-9,11,16,19,22H,5-7,10,12-15,17H2,1-4H3;6-7,9,15,18,21,26H,4-5,8,10-14,16H2,1-3H3;3-4H,1-2H3;1-2H2. The summed E-state index contributed by atoms with van der Waals surface area (Å²) >= 11 is 0. The highest BCUT2D eigenvalue weighted by molar-refractivity contribution is 5.87. The maximum atomic E-state index is 12.6. The second kappa shape index (κ2) is 33.0. The van der Waals surface area contributed by atoms with Crippen molar-refractivity contribution in [2.45, 2.75) is 118 Å². The van der Waals surface area contributed by atoms with E-state index in [-0.39, 0.29) is 55.5 Å². The Morgan fingerprint density at radius 3 is 1.27 bits per heavy atom. The van der Waals surface area contributed by atoms with E-state index in [1.54, 1.807) is 17.3 Å². The molecule has 0 bridgehead atoms. The molecule has 4 aliphatic heterocycles. The lowest BCUT2D eigenvalue weighted by Gasteiger charge is -2.32. The molecule has 0 aliphatic carbocycles. The number of carbonyl (C=O) groups excluding carboxylic acids is 8. The summed E-state index contributed by atoms with van der Waals surface area (Å²) in [4.78, 5) is 112. The molecular weight excluding hydrogens is 957 g/mol. The maximum Gasteiger partial charge on any atom is 0.347 e. The third-order valence-corrected chi connectivity index (χ3v) is 13.2. The molecule has 2 aromatic heterocycles. The van der Waals surface area contributed by atoms with Gasteiger partial charge in [-0.25, -0.2) is 19.2 Å². The van der Waals surface area contributed by atoms with Crippen molar-refractivity contribution in [2.75, 3.05) is 99.4 Å². The third-order valence-electron chi connectivity index (χ3n) is 13.2. The molecule has 6 rings (SSSR count). The Morgan fingerprint density at radius 1 is 0.581 bits per heavy atom. The van der Waals surface area contributed by atoms with Crippen molar-refractivity contribution in [1.29, 1.82) is 0 Å². The molecule has 0 aromatic carbocycles. The van der Waals surface area contributed by atoms with Crippen molar-refractivity contribution in [3.63, 3.8) is 0 Å². The van der Waals surface area contributed by atoms with E-state index < -0.39 is 36.1 Å². The van der Waals surface area contributed by atoms with Gasteiger partial charge in [-0.05, 0) is 95.4 Å². The van der Waals surface area contributed by atoms with E-state index >= 15 is 0 Å². The molecule has 74 heavy (non-hydrogen) atoms. The lowest BCUT2D eigenvalue weighted by atomic mass is 9.94. The number of esters is 4. The highest BCUT2D eigenvalue weighted by Gasteiger charge is 2.37. The summed E-state index contributed by atoms with van der Waals surface area (Å²) in [6, 6.07) is 8.68. The van der Waals surface area contributed by atoms with Crippen molar-refractivity contribution in [1.82, 2.24) is 39.4 Å². The van der Waals surface area contributed by atoms with Crippen LogP contribution in [-0.4, -0.2) is 204 Å². The highest BCUT2D eigenvalue weighted by atomic mass is 16.6. The average Bonchev–Trinajstić information content (AvgIpc) is 3.97. The molecule has 0 spiro atoms. The van der Waals surface area contributed by atoms with E-state index in [0.717, 1.165) is 45.4 Å². The number of cyclic esters (lactones) is 4. The van der Waals surface area contributed by atoms with Gasteiger partial charge in [0.05, 0.1) is 6.61 Å². The summed E-state index contributed by atoms with van der Waals surface area (Å²) in [6.07, 6.45) is 10.8. The number of hydrogen-bond donors (Lipinski definition) is 1. The minimum atomic E-state index is -0.747. The molecule has 4 amide bonds. The van der Waals surface area contributed by atoms with Crippen LogP contribution in [0.25, 0.3) is 0 Å². The number of aromatic nitrogens is 2. The summed E-state index contributed by atoms with van der Waals surface area (Å²) in [7, 11) is 4.26. The van der Waals surface area contributed by atoms with Crippen LogP contribution in [-0.2, 0) is 57.3 Å². The minimum Gasteiger partial charge on any atom is -0.451 e. The Hall–Kier alpha value is -6.06. The SMILES string of the molecule is CC1OC(=O)C(C)OC1=O.CCC(=O)N(CCO)CCN(CC1CCN(C)C1c1cccnc1)C(=O)CC.CCCN(CCN(CC1CCN(C)C1c1cccnc1)C(=O)CC)C(=O)CC.O=C1COC(=O)CO1. The van der Waals surface area contributed by atoms with Gasteiger partial charge in [-0.2, -0.15) is 0 Å². The zero-order valence-electron chi connectivity index (χ0n) is 45.1. The monoisotopic (exact) mass is 1040 g/mol. The number of hydrogen-bond acceptors (Lipinski definition) is 17. The summed E-state index contributed by atoms with van der Waals surface area (Å²) in [6.45, 7) is 18.7. The van der Waals surface area contributed by atoms with Gasteiger partial charge in [-0.15, -0.1) is 0 Å². The molecule has 2 aromatic rings. The lowest BCUT2D eigenvalue weighted by molar-refractivity contribution is -0.191. The minimum absolute atomic E-state index is 0.00628. The largest absolute Gasteiger partial charge is 0.451 e. The van der Waals surface area contributed by atoms with Crippen LogP contribution in [0.4, 0.5) is 0 Å². The smallest absolute Gasteiger partial charge is 0.347 e. The Kier molecular flexibility index (Phi) is 27.7. The van der Waals surface area contributed by atoms with Gasteiger partial charge in [0.15, 0.2) is 25.4 Å². The molecule has 6 heterocycles. The number of amides is 4. The fraction of sp³-hybridized carbons (Fsp3) is 0.660. The van der Waals surface area contributed by atoms with Gasteiger partial charge in [0.1, 0.15) is 0 Å². The number of likely N-dealkylation sites (tertiary alicyclic amines) is 2. The van der Waals surface area contributed by atoms with Crippen LogP contribution >= 0.6 is 0 Å². The normalized spacial score (nSPS) is 21.4. The summed E-state index contributed by atoms with van der Waals surface area (Å²) in [5, 5.41) is 9.24. The lowest BCUT2D eigenvalue weighted by Crippen LogP contribution is -2.44. The fourth-order valence-electron chi connectivity index (χ4n) is 9.28. The number of rotatable bonds is 20. The van der Waals surface area contributed by atoms with Crippen molar-refractivity contribution < 1.29 is 62.4 Å². The van der Waals surface area contributed by atoms with E-state index in [2.05, 4.69) is 71.9 Å². The highest BCUT2D eigenvalue weighted by Crippen LogP contribution is 2.37. The van der Waals surface area contributed by atoms with Gasteiger partial charge < -0.3 is 43.7 Å². The van der Waals surface area contributed by atoms with Crippen LogP contribution in [0.1, 0.15) is 117 Å². The number of aliphatic hydroxyl groups is 1. The van der Waals surface area contributed by atoms with E-state index in [1.807, 2.05) is 66.9 Å². The molecule has 21 heteroatoms. The van der Waals surface area contributed by atoms with Crippen LogP contribution in [0.15, 0.2) is 49.1 Å². The molecule has 1 N–H and O–H groups in total. The number of carbonyl (C=O) groups is 8. The Bertz CT molecular complexity index is 1930. The summed E-state index contributed by atoms with van der Waals surface area (Å²) in [5.74, 6) is -0.767. The third kappa shape index (κ3) is 20.0. The van der Waals surface area contributed by atoms with E-state index in [9.17, 15) is 43.5 Å². The first kappa shape index (κ1) is 62.2. The fourth-order valence-corrected chi connectivity index (χ4v) is 9.28. The zero-order valence-corrected chi connectivity index (χ0v) is 45.1. The van der Waals surface area contributed by atoms with Crippen LogP contribution in [0.5, 0.6) is 0 Å². The van der Waals surface area contributed by atoms with Gasteiger partial charge in [0.25, 0.3) is 0 Å². The molecule has 0 saturated carbocycles. The Morgan fingerprint density at radius 2 is 0.946 bits per heavy atom. The molecular formula is C53H82N8O13. The molecule has 6 unspecified atom stereocenters. The van der Waals surface area contributed by atoms with Gasteiger partial charge in [-0.3, -0.25) is 38.9 Å². The maximum absolute atomic E-state index is 12.6. The number of aliphatic hydroxyl groups excluding tert-OH is 1. The van der Waals surface area contributed by atoms with Crippen LogP contribution in [0, 0.1) is 11.8 Å². The van der Waals surface area contributed by atoms with E-state index in [1.165, 1.54) is 25.0 Å². The van der Waals surface area contributed by atoms with Gasteiger partial charge >= 0.3 is 23.9 Å². The first-order valence-electron chi connectivity index (χ1n) is 26.1. The second-order valence-corrected chi connectivity index (χ2v) is 18.6. The van der Waals surface area contributed by atoms with Crippen LogP contribution in [0.3, 0.4) is 0 Å². The van der Waals surface area contributed by atoms with Gasteiger partial charge in [-0.1, -0.05) is 46.8 Å². The summed E-state index contributed by atoms with van der Waals surface area (Å²) in [5.41, 5.74) is 2.39. The zero-order chi connectivity index (χ0) is 54.7. The van der Waals surface area contributed by atoms with Crippen LogP contribution < -0.4 is 0 Å². The molecule has 412 valence electrons. The topological polar surface area (TPSA) is 239 Å². The average molecular weight is 1040 g/mol. The van der Waals surface area contributed by atoms with Gasteiger partial charge in [0, 0.05) is 115 Å². The van der Waals surface area contributed by atoms with Crippen molar-refractivity contribution in [3.8, 4) is 0 Å². The Balaban J connectivity index is 0.000000292. The van der Waals surface area contributed by atoms with E-state index in [0.29, 0.717) is 76.8 Å². The number of ether oxygens (including phenoxy) is 4. The summed E-state index contributed by atoms with van der Waals surface area (Å²) < 4.78 is 17.7. The predicted octanol–water partition coefficient (Wildman–Crippen LogP) is 3.46. The number of pyridine rings is 2. The number of nitrogens with zero attached hydrogens (tertiary/aromatic N) is 8. The first-order valence-corrected chi connectivity index (χ1v) is 26.1. The predicted molar refractivity (Wildman–Crippen MR) is 273 cm³/mol. The van der Waals surface area contributed by atoms with Crippen molar-refractivity contribution in [2.24, 2.45) is 11.8 Å². The van der Waals surface area contributed by atoms with Crippen LogP contribution in [0.2, 0.25) is 0 Å². The first-order chi connectivity index (χ1) is 35.4. The van der Waals surface area contributed by atoms with Crippen molar-refractivity contribution >= 4 is 47.5 Å². The molecule has 21 nitrogen and oxygen atoms in total.